The van der Waals surface area contributed by atoms with E-state index >= 15 is 0 Å². The van der Waals surface area contributed by atoms with Crippen molar-refractivity contribution in [1.82, 2.24) is 5.32 Å². The summed E-state index contributed by atoms with van der Waals surface area (Å²) in [4.78, 5) is 0. The molecule has 1 rings (SSSR count). The van der Waals surface area contributed by atoms with Crippen molar-refractivity contribution < 1.29 is 4.74 Å². The summed E-state index contributed by atoms with van der Waals surface area (Å²) in [6, 6.07) is 6.12. The molecule has 88 valence electrons. The van der Waals surface area contributed by atoms with Crippen LogP contribution in [0.2, 0.25) is 0 Å². The number of nitrogens with one attached hydrogen (secondary N) is 1. The van der Waals surface area contributed by atoms with Crippen molar-refractivity contribution in [1.29, 1.82) is 0 Å². The Kier molecular flexibility index (Phi) is 5.32. The molecule has 1 unspecified atom stereocenters. The minimum absolute atomic E-state index is 0.219. The highest BCUT2D eigenvalue weighted by molar-refractivity contribution is 9.10. The van der Waals surface area contributed by atoms with Crippen LogP contribution in [0, 0.1) is 0 Å². The third-order valence-electron chi connectivity index (χ3n) is 2.26. The number of halogens is 2. The van der Waals surface area contributed by atoms with Gasteiger partial charge in [-0.1, -0.05) is 34.1 Å². The molecule has 1 atom stereocenters. The maximum absolute atomic E-state index is 5.68. The summed E-state index contributed by atoms with van der Waals surface area (Å²) in [7, 11) is 1.91. The molecule has 0 bridgehead atoms. The summed E-state index contributed by atoms with van der Waals surface area (Å²) in [6.07, 6.45) is 0. The predicted molar refractivity (Wildman–Crippen MR) is 72.1 cm³/mol. The zero-order valence-electron chi connectivity index (χ0n) is 9.39. The van der Waals surface area contributed by atoms with Gasteiger partial charge in [-0.05, 0) is 32.2 Å². The Balaban J connectivity index is 2.93. The molecular formula is C12H15BrClNO. The van der Waals surface area contributed by atoms with E-state index in [1.165, 1.54) is 0 Å². The summed E-state index contributed by atoms with van der Waals surface area (Å²) >= 11 is 9.13. The average molecular weight is 305 g/mol. The van der Waals surface area contributed by atoms with Gasteiger partial charge in [-0.3, -0.25) is 0 Å². The molecule has 0 aliphatic carbocycles. The molecule has 4 heteroatoms. The highest BCUT2D eigenvalue weighted by atomic mass is 79.9. The molecule has 0 fully saturated rings. The molecule has 0 spiro atoms. The van der Waals surface area contributed by atoms with E-state index in [-0.39, 0.29) is 6.04 Å². The second-order valence-electron chi connectivity index (χ2n) is 3.50. The number of hydrogen-bond donors (Lipinski definition) is 1. The second kappa shape index (κ2) is 6.28. The van der Waals surface area contributed by atoms with Gasteiger partial charge >= 0.3 is 0 Å². The SMILES string of the molecule is C=C(Cl)COc1ccc(Br)cc1C(C)NC. The van der Waals surface area contributed by atoms with Gasteiger partial charge in [0.25, 0.3) is 0 Å². The zero-order chi connectivity index (χ0) is 12.1. The lowest BCUT2D eigenvalue weighted by atomic mass is 10.1. The van der Waals surface area contributed by atoms with Gasteiger partial charge < -0.3 is 10.1 Å². The Morgan fingerprint density at radius 3 is 2.88 bits per heavy atom. The lowest BCUT2D eigenvalue weighted by Gasteiger charge is -2.16. The fourth-order valence-corrected chi connectivity index (χ4v) is 1.73. The van der Waals surface area contributed by atoms with E-state index in [1.54, 1.807) is 0 Å². The first kappa shape index (κ1) is 13.6. The highest BCUT2D eigenvalue weighted by Crippen LogP contribution is 2.28. The molecule has 0 aliphatic heterocycles. The molecule has 1 N–H and O–H groups in total. The fraction of sp³-hybridized carbons (Fsp3) is 0.333. The van der Waals surface area contributed by atoms with Crippen LogP contribution in [-0.2, 0) is 0 Å². The fourth-order valence-electron chi connectivity index (χ4n) is 1.30. The minimum atomic E-state index is 0.219. The van der Waals surface area contributed by atoms with Gasteiger partial charge in [-0.25, -0.2) is 0 Å². The number of rotatable bonds is 5. The maximum atomic E-state index is 5.68. The van der Waals surface area contributed by atoms with E-state index in [4.69, 9.17) is 16.3 Å². The summed E-state index contributed by atoms with van der Waals surface area (Å²) in [5, 5.41) is 3.67. The zero-order valence-corrected chi connectivity index (χ0v) is 11.7. The molecule has 0 aliphatic rings. The van der Waals surface area contributed by atoms with Crippen molar-refractivity contribution in [3.63, 3.8) is 0 Å². The summed E-state index contributed by atoms with van der Waals surface area (Å²) in [6.45, 7) is 6.00. The van der Waals surface area contributed by atoms with E-state index in [1.807, 2.05) is 25.2 Å². The average Bonchev–Trinajstić information content (AvgIpc) is 2.26. The summed E-state index contributed by atoms with van der Waals surface area (Å²) in [5.41, 5.74) is 1.09. The van der Waals surface area contributed by atoms with Crippen molar-refractivity contribution in [3.8, 4) is 5.75 Å². The number of benzene rings is 1. The van der Waals surface area contributed by atoms with Gasteiger partial charge in [0.15, 0.2) is 0 Å². The maximum Gasteiger partial charge on any atom is 0.124 e. The molecule has 1 aromatic rings. The van der Waals surface area contributed by atoms with Crippen molar-refractivity contribution >= 4 is 27.5 Å². The molecule has 0 heterocycles. The molecule has 0 saturated heterocycles. The first-order valence-electron chi connectivity index (χ1n) is 4.97. The third kappa shape index (κ3) is 3.81. The van der Waals surface area contributed by atoms with Crippen LogP contribution in [0.4, 0.5) is 0 Å². The number of ether oxygens (including phenoxy) is 1. The molecule has 0 aromatic heterocycles. The Morgan fingerprint density at radius 1 is 1.62 bits per heavy atom. The van der Waals surface area contributed by atoms with E-state index < -0.39 is 0 Å². The third-order valence-corrected chi connectivity index (χ3v) is 2.86. The minimum Gasteiger partial charge on any atom is -0.488 e. The molecule has 0 radical (unpaired) electrons. The van der Waals surface area contributed by atoms with Crippen LogP contribution in [0.5, 0.6) is 5.75 Å². The Morgan fingerprint density at radius 2 is 2.31 bits per heavy atom. The van der Waals surface area contributed by atoms with Gasteiger partial charge in [0.1, 0.15) is 12.4 Å². The van der Waals surface area contributed by atoms with E-state index in [0.29, 0.717) is 11.6 Å². The van der Waals surface area contributed by atoms with Crippen LogP contribution >= 0.6 is 27.5 Å². The second-order valence-corrected chi connectivity index (χ2v) is 4.95. The first-order chi connectivity index (χ1) is 7.54. The Bertz CT molecular complexity index is 381. The first-order valence-corrected chi connectivity index (χ1v) is 6.14. The van der Waals surface area contributed by atoms with Gasteiger partial charge in [-0.2, -0.15) is 0 Å². The van der Waals surface area contributed by atoms with Crippen LogP contribution < -0.4 is 10.1 Å². The van der Waals surface area contributed by atoms with Crippen molar-refractivity contribution in [2.24, 2.45) is 0 Å². The molecule has 0 saturated carbocycles. The standard InChI is InChI=1S/C12H15BrClNO/c1-8(14)7-16-12-5-4-10(13)6-11(12)9(2)15-3/h4-6,9,15H,1,7H2,2-3H3. The van der Waals surface area contributed by atoms with Gasteiger partial charge in [-0.15, -0.1) is 0 Å². The normalized spacial score (nSPS) is 12.2. The van der Waals surface area contributed by atoms with Gasteiger partial charge in [0.05, 0.1) is 0 Å². The molecule has 16 heavy (non-hydrogen) atoms. The molecule has 1 aromatic carbocycles. The summed E-state index contributed by atoms with van der Waals surface area (Å²) in [5.74, 6) is 0.826. The number of hydrogen-bond acceptors (Lipinski definition) is 2. The van der Waals surface area contributed by atoms with E-state index in [0.717, 1.165) is 15.8 Å². The molecular weight excluding hydrogens is 289 g/mol. The Hall–Kier alpha value is -0.510. The van der Waals surface area contributed by atoms with Gasteiger partial charge in [0.2, 0.25) is 0 Å². The monoisotopic (exact) mass is 303 g/mol. The van der Waals surface area contributed by atoms with Crippen molar-refractivity contribution in [3.05, 3.63) is 39.8 Å². The van der Waals surface area contributed by atoms with Crippen molar-refractivity contribution in [2.45, 2.75) is 13.0 Å². The van der Waals surface area contributed by atoms with Crippen LogP contribution in [-0.4, -0.2) is 13.7 Å². The van der Waals surface area contributed by atoms with Crippen LogP contribution in [0.25, 0.3) is 0 Å². The van der Waals surface area contributed by atoms with Gasteiger partial charge in [0, 0.05) is 21.1 Å². The smallest absolute Gasteiger partial charge is 0.124 e. The van der Waals surface area contributed by atoms with Crippen molar-refractivity contribution in [2.75, 3.05) is 13.7 Å². The largest absolute Gasteiger partial charge is 0.488 e. The molecule has 2 nitrogen and oxygen atoms in total. The van der Waals surface area contributed by atoms with Crippen LogP contribution in [0.3, 0.4) is 0 Å². The van der Waals surface area contributed by atoms with E-state index in [9.17, 15) is 0 Å². The Labute approximate surface area is 110 Å². The lowest BCUT2D eigenvalue weighted by molar-refractivity contribution is 0.351. The van der Waals surface area contributed by atoms with E-state index in [2.05, 4.69) is 34.7 Å². The lowest BCUT2D eigenvalue weighted by Crippen LogP contribution is -2.14. The predicted octanol–water partition coefficient (Wildman–Crippen LogP) is 3.86. The molecule has 0 amide bonds. The topological polar surface area (TPSA) is 21.3 Å². The highest BCUT2D eigenvalue weighted by Gasteiger charge is 2.10. The van der Waals surface area contributed by atoms with Crippen LogP contribution in [0.15, 0.2) is 34.3 Å². The van der Waals surface area contributed by atoms with Crippen LogP contribution in [0.1, 0.15) is 18.5 Å². The quantitative estimate of drug-likeness (QED) is 0.892. The summed E-state index contributed by atoms with van der Waals surface area (Å²) < 4.78 is 6.61.